The number of halogens is 1. The Morgan fingerprint density at radius 2 is 2.08 bits per heavy atom. The van der Waals surface area contributed by atoms with Gasteiger partial charge in [0.15, 0.2) is 0 Å². The number of fused-ring (bicyclic) bond motifs is 1. The second kappa shape index (κ2) is 2.47. The average Bonchev–Trinajstić information content (AvgIpc) is 2.36. The summed E-state index contributed by atoms with van der Waals surface area (Å²) in [6.45, 7) is 6.96. The topological polar surface area (TPSA) is 12.0 Å². The molecule has 0 aliphatic carbocycles. The van der Waals surface area contributed by atoms with E-state index in [1.807, 2.05) is 13.0 Å². The van der Waals surface area contributed by atoms with E-state index in [-0.39, 0.29) is 11.2 Å². The Hall–Kier alpha value is -1.05. The van der Waals surface area contributed by atoms with E-state index >= 15 is 0 Å². The minimum atomic E-state index is -0.0874. The lowest BCUT2D eigenvalue weighted by molar-refractivity contribution is 0.527. The predicted molar refractivity (Wildman–Crippen MR) is 52.7 cm³/mol. The maximum absolute atomic E-state index is 13.5. The molecule has 0 saturated heterocycles. The van der Waals surface area contributed by atoms with Crippen LogP contribution in [0.5, 0.6) is 0 Å². The number of anilines is 1. The summed E-state index contributed by atoms with van der Waals surface area (Å²) in [7, 11) is 0. The number of hydrogen-bond acceptors (Lipinski definition) is 1. The van der Waals surface area contributed by atoms with E-state index in [2.05, 4.69) is 19.2 Å². The third-order valence-electron chi connectivity index (χ3n) is 2.75. The van der Waals surface area contributed by atoms with Gasteiger partial charge < -0.3 is 5.32 Å². The first-order chi connectivity index (χ1) is 6.02. The summed E-state index contributed by atoms with van der Waals surface area (Å²) >= 11 is 0. The van der Waals surface area contributed by atoms with E-state index < -0.39 is 0 Å². The number of nitrogens with one attached hydrogen (secondary N) is 1. The van der Waals surface area contributed by atoms with E-state index in [0.717, 1.165) is 23.4 Å². The highest BCUT2D eigenvalue weighted by molar-refractivity contribution is 5.64. The molecule has 0 spiro atoms. The molecule has 0 amide bonds. The van der Waals surface area contributed by atoms with Gasteiger partial charge in [-0.25, -0.2) is 4.39 Å². The van der Waals surface area contributed by atoms with Crippen LogP contribution in [0.1, 0.15) is 25.0 Å². The summed E-state index contributed by atoms with van der Waals surface area (Å²) in [5.41, 5.74) is 2.88. The first kappa shape index (κ1) is 8.54. The molecule has 0 aromatic heterocycles. The Labute approximate surface area is 78.0 Å². The second-order valence-electron chi connectivity index (χ2n) is 4.35. The summed E-state index contributed by atoms with van der Waals surface area (Å²) in [6.07, 6.45) is 0. The molecular weight excluding hydrogens is 165 g/mol. The minimum absolute atomic E-state index is 0.0779. The first-order valence-electron chi connectivity index (χ1n) is 4.56. The van der Waals surface area contributed by atoms with Crippen LogP contribution in [0.4, 0.5) is 10.1 Å². The predicted octanol–water partition coefficient (Wildman–Crippen LogP) is 2.84. The Balaban J connectivity index is 2.70. The molecule has 70 valence electrons. The maximum atomic E-state index is 13.5. The van der Waals surface area contributed by atoms with Crippen LogP contribution < -0.4 is 5.32 Å². The largest absolute Gasteiger partial charge is 0.384 e. The van der Waals surface area contributed by atoms with Gasteiger partial charge in [0, 0.05) is 23.2 Å². The summed E-state index contributed by atoms with van der Waals surface area (Å²) in [5, 5.41) is 3.26. The first-order valence-corrected chi connectivity index (χ1v) is 4.56. The van der Waals surface area contributed by atoms with Crippen LogP contribution in [0, 0.1) is 12.7 Å². The normalized spacial score (nSPS) is 18.2. The molecule has 0 unspecified atom stereocenters. The van der Waals surface area contributed by atoms with Crippen molar-refractivity contribution in [1.82, 2.24) is 0 Å². The molecule has 2 heteroatoms. The van der Waals surface area contributed by atoms with Gasteiger partial charge in [0.1, 0.15) is 5.82 Å². The van der Waals surface area contributed by atoms with E-state index in [1.165, 1.54) is 0 Å². The van der Waals surface area contributed by atoms with Crippen molar-refractivity contribution in [2.75, 3.05) is 11.9 Å². The van der Waals surface area contributed by atoms with Gasteiger partial charge >= 0.3 is 0 Å². The van der Waals surface area contributed by atoms with Crippen molar-refractivity contribution < 1.29 is 4.39 Å². The molecule has 1 aromatic carbocycles. The van der Waals surface area contributed by atoms with Crippen LogP contribution in [0.25, 0.3) is 0 Å². The molecule has 0 atom stereocenters. The van der Waals surface area contributed by atoms with E-state index in [0.29, 0.717) is 0 Å². The molecule has 1 nitrogen and oxygen atoms in total. The summed E-state index contributed by atoms with van der Waals surface area (Å²) in [4.78, 5) is 0. The molecule has 1 aliphatic rings. The van der Waals surface area contributed by atoms with E-state index in [9.17, 15) is 4.39 Å². The molecule has 0 bridgehead atoms. The third kappa shape index (κ3) is 1.12. The monoisotopic (exact) mass is 179 g/mol. The fourth-order valence-electron chi connectivity index (χ4n) is 1.97. The maximum Gasteiger partial charge on any atom is 0.129 e. The Morgan fingerprint density at radius 1 is 1.38 bits per heavy atom. The standard InChI is InChI=1S/C11H14FN/c1-7-4-5-8(12)9-10(7)13-6-11(9,2)3/h4-5,13H,6H2,1-3H3. The number of benzene rings is 1. The number of aryl methyl sites for hydroxylation is 1. The SMILES string of the molecule is Cc1ccc(F)c2c1NCC2(C)C. The van der Waals surface area contributed by atoms with Gasteiger partial charge in [-0.05, 0) is 18.6 Å². The van der Waals surface area contributed by atoms with E-state index in [4.69, 9.17) is 0 Å². The zero-order valence-electron chi connectivity index (χ0n) is 8.24. The van der Waals surface area contributed by atoms with Crippen molar-refractivity contribution in [2.24, 2.45) is 0 Å². The highest BCUT2D eigenvalue weighted by Gasteiger charge is 2.33. The molecule has 1 N–H and O–H groups in total. The number of rotatable bonds is 0. The molecule has 1 aromatic rings. The average molecular weight is 179 g/mol. The smallest absolute Gasteiger partial charge is 0.129 e. The Kier molecular flexibility index (Phi) is 1.62. The van der Waals surface area contributed by atoms with Crippen LogP contribution in [-0.4, -0.2) is 6.54 Å². The third-order valence-corrected chi connectivity index (χ3v) is 2.75. The quantitative estimate of drug-likeness (QED) is 0.645. The lowest BCUT2D eigenvalue weighted by atomic mass is 9.86. The van der Waals surface area contributed by atoms with Crippen LogP contribution >= 0.6 is 0 Å². The molecule has 1 heterocycles. The second-order valence-corrected chi connectivity index (χ2v) is 4.35. The molecule has 0 radical (unpaired) electrons. The zero-order chi connectivity index (χ0) is 9.64. The van der Waals surface area contributed by atoms with Crippen molar-refractivity contribution in [2.45, 2.75) is 26.2 Å². The lowest BCUT2D eigenvalue weighted by Gasteiger charge is -2.17. The van der Waals surface area contributed by atoms with Gasteiger partial charge in [0.25, 0.3) is 0 Å². The van der Waals surface area contributed by atoms with Gasteiger partial charge in [-0.15, -0.1) is 0 Å². The Bertz CT molecular complexity index is 355. The van der Waals surface area contributed by atoms with Crippen molar-refractivity contribution in [3.63, 3.8) is 0 Å². The Morgan fingerprint density at radius 3 is 2.69 bits per heavy atom. The highest BCUT2D eigenvalue weighted by atomic mass is 19.1. The van der Waals surface area contributed by atoms with E-state index in [1.54, 1.807) is 6.07 Å². The minimum Gasteiger partial charge on any atom is -0.384 e. The molecule has 2 rings (SSSR count). The summed E-state index contributed by atoms with van der Waals surface area (Å²) in [5.74, 6) is -0.0874. The van der Waals surface area contributed by atoms with Crippen LogP contribution in [0.2, 0.25) is 0 Å². The van der Waals surface area contributed by atoms with Crippen LogP contribution in [0.15, 0.2) is 12.1 Å². The van der Waals surface area contributed by atoms with Crippen molar-refractivity contribution in [3.8, 4) is 0 Å². The van der Waals surface area contributed by atoms with Gasteiger partial charge in [0.2, 0.25) is 0 Å². The number of hydrogen-bond donors (Lipinski definition) is 1. The van der Waals surface area contributed by atoms with Crippen molar-refractivity contribution >= 4 is 5.69 Å². The molecule has 0 fully saturated rings. The fourth-order valence-corrected chi connectivity index (χ4v) is 1.97. The van der Waals surface area contributed by atoms with Gasteiger partial charge in [-0.2, -0.15) is 0 Å². The van der Waals surface area contributed by atoms with Gasteiger partial charge in [0.05, 0.1) is 0 Å². The lowest BCUT2D eigenvalue weighted by Crippen LogP contribution is -2.20. The van der Waals surface area contributed by atoms with Gasteiger partial charge in [-0.3, -0.25) is 0 Å². The van der Waals surface area contributed by atoms with Crippen molar-refractivity contribution in [1.29, 1.82) is 0 Å². The zero-order valence-corrected chi connectivity index (χ0v) is 8.24. The van der Waals surface area contributed by atoms with Crippen LogP contribution in [0.3, 0.4) is 0 Å². The summed E-state index contributed by atoms with van der Waals surface area (Å²) < 4.78 is 13.5. The molecule has 0 saturated carbocycles. The van der Waals surface area contributed by atoms with Crippen LogP contribution in [-0.2, 0) is 5.41 Å². The van der Waals surface area contributed by atoms with Gasteiger partial charge in [-0.1, -0.05) is 19.9 Å². The highest BCUT2D eigenvalue weighted by Crippen LogP contribution is 2.39. The molecule has 1 aliphatic heterocycles. The molecular formula is C11H14FN. The molecule has 13 heavy (non-hydrogen) atoms. The van der Waals surface area contributed by atoms with Crippen molar-refractivity contribution in [3.05, 3.63) is 29.1 Å². The summed E-state index contributed by atoms with van der Waals surface area (Å²) in [6, 6.07) is 3.38. The fraction of sp³-hybridized carbons (Fsp3) is 0.455.